The van der Waals surface area contributed by atoms with Crippen LogP contribution in [0.4, 0.5) is 0 Å². The van der Waals surface area contributed by atoms with Crippen molar-refractivity contribution in [3.63, 3.8) is 0 Å². The van der Waals surface area contributed by atoms with Crippen molar-refractivity contribution < 1.29 is 9.53 Å². The normalized spacial score (nSPS) is 23.2. The molecule has 1 unspecified atom stereocenters. The van der Waals surface area contributed by atoms with Gasteiger partial charge in [0.2, 0.25) is 5.91 Å². The molecule has 1 amide bonds. The summed E-state index contributed by atoms with van der Waals surface area (Å²) in [5.41, 5.74) is 5.93. The summed E-state index contributed by atoms with van der Waals surface area (Å²) < 4.78 is 5.69. The van der Waals surface area contributed by atoms with E-state index in [4.69, 9.17) is 10.5 Å². The molecule has 2 fully saturated rings. The molecule has 0 aromatic rings. The van der Waals surface area contributed by atoms with Gasteiger partial charge in [0, 0.05) is 51.8 Å². The first-order valence-electron chi connectivity index (χ1n) is 8.58. The molecule has 5 heteroatoms. The Labute approximate surface area is 128 Å². The lowest BCUT2D eigenvalue weighted by Gasteiger charge is -2.37. The maximum absolute atomic E-state index is 12.4. The molecule has 2 aliphatic heterocycles. The monoisotopic (exact) mass is 297 g/mol. The third-order valence-corrected chi connectivity index (χ3v) is 4.79. The van der Waals surface area contributed by atoms with E-state index in [2.05, 4.69) is 4.90 Å². The van der Waals surface area contributed by atoms with E-state index >= 15 is 0 Å². The molecule has 0 aromatic carbocycles. The number of likely N-dealkylation sites (tertiary alicyclic amines) is 2. The average molecular weight is 297 g/mol. The zero-order valence-electron chi connectivity index (χ0n) is 13.4. The standard InChI is InChI=1S/C16H31N3O2/c1-2-21-15-6-10-18(11-7-15)14(13-17)12-16(20)19-8-4-3-5-9-19/h14-15H,2-13,17H2,1H3. The Morgan fingerprint density at radius 2 is 1.86 bits per heavy atom. The molecule has 5 nitrogen and oxygen atoms in total. The minimum atomic E-state index is 0.196. The Hall–Kier alpha value is -0.650. The van der Waals surface area contributed by atoms with Gasteiger partial charge in [-0.3, -0.25) is 9.69 Å². The summed E-state index contributed by atoms with van der Waals surface area (Å²) in [6.45, 7) is 7.27. The summed E-state index contributed by atoms with van der Waals surface area (Å²) in [5, 5.41) is 0. The topological polar surface area (TPSA) is 58.8 Å². The molecule has 0 spiro atoms. The highest BCUT2D eigenvalue weighted by atomic mass is 16.5. The van der Waals surface area contributed by atoms with Crippen molar-refractivity contribution >= 4 is 5.91 Å². The molecular formula is C16H31N3O2. The predicted molar refractivity (Wildman–Crippen MR) is 84.1 cm³/mol. The summed E-state index contributed by atoms with van der Waals surface area (Å²) in [6, 6.07) is 0.196. The van der Waals surface area contributed by atoms with Crippen LogP contribution in [-0.4, -0.2) is 67.2 Å². The van der Waals surface area contributed by atoms with Crippen LogP contribution in [0.1, 0.15) is 45.4 Å². The van der Waals surface area contributed by atoms with Crippen LogP contribution in [0.3, 0.4) is 0 Å². The quantitative estimate of drug-likeness (QED) is 0.801. The van der Waals surface area contributed by atoms with E-state index in [9.17, 15) is 4.79 Å². The summed E-state index contributed by atoms with van der Waals surface area (Å²) in [4.78, 5) is 16.8. The highest BCUT2D eigenvalue weighted by Crippen LogP contribution is 2.18. The van der Waals surface area contributed by atoms with Gasteiger partial charge >= 0.3 is 0 Å². The Morgan fingerprint density at radius 3 is 2.43 bits per heavy atom. The summed E-state index contributed by atoms with van der Waals surface area (Å²) >= 11 is 0. The first kappa shape index (κ1) is 16.7. The first-order valence-corrected chi connectivity index (χ1v) is 8.58. The SMILES string of the molecule is CCOC1CCN(C(CN)CC(=O)N2CCCCC2)CC1. The van der Waals surface area contributed by atoms with Gasteiger partial charge in [-0.2, -0.15) is 0 Å². The molecule has 21 heavy (non-hydrogen) atoms. The van der Waals surface area contributed by atoms with Gasteiger partial charge in [0.05, 0.1) is 6.10 Å². The van der Waals surface area contributed by atoms with Gasteiger partial charge in [-0.25, -0.2) is 0 Å². The van der Waals surface area contributed by atoms with Crippen LogP contribution in [-0.2, 0) is 9.53 Å². The molecule has 0 aliphatic carbocycles. The van der Waals surface area contributed by atoms with Crippen LogP contribution < -0.4 is 5.73 Å². The Bertz CT molecular complexity index is 311. The minimum absolute atomic E-state index is 0.196. The highest BCUT2D eigenvalue weighted by molar-refractivity contribution is 5.77. The zero-order chi connectivity index (χ0) is 15.1. The van der Waals surface area contributed by atoms with Crippen molar-refractivity contribution in [3.05, 3.63) is 0 Å². The van der Waals surface area contributed by atoms with E-state index in [1.807, 2.05) is 11.8 Å². The van der Waals surface area contributed by atoms with E-state index in [1.54, 1.807) is 0 Å². The Kier molecular flexibility index (Phi) is 6.93. The Morgan fingerprint density at radius 1 is 1.19 bits per heavy atom. The van der Waals surface area contributed by atoms with Gasteiger partial charge in [0.25, 0.3) is 0 Å². The van der Waals surface area contributed by atoms with Gasteiger partial charge in [0.15, 0.2) is 0 Å². The highest BCUT2D eigenvalue weighted by Gasteiger charge is 2.27. The fourth-order valence-corrected chi connectivity index (χ4v) is 3.48. The van der Waals surface area contributed by atoms with Crippen molar-refractivity contribution in [2.24, 2.45) is 5.73 Å². The Balaban J connectivity index is 1.78. The molecule has 0 aromatic heterocycles. The third-order valence-electron chi connectivity index (χ3n) is 4.79. The lowest BCUT2D eigenvalue weighted by atomic mass is 10.0. The van der Waals surface area contributed by atoms with E-state index in [-0.39, 0.29) is 11.9 Å². The lowest BCUT2D eigenvalue weighted by molar-refractivity contribution is -0.133. The fourth-order valence-electron chi connectivity index (χ4n) is 3.48. The average Bonchev–Trinajstić information content (AvgIpc) is 2.54. The second kappa shape index (κ2) is 8.71. The van der Waals surface area contributed by atoms with Crippen LogP contribution in [0.25, 0.3) is 0 Å². The molecule has 0 saturated carbocycles. The second-order valence-electron chi connectivity index (χ2n) is 6.23. The molecule has 2 N–H and O–H groups in total. The molecule has 2 aliphatic rings. The smallest absolute Gasteiger partial charge is 0.224 e. The molecule has 0 radical (unpaired) electrons. The molecule has 2 heterocycles. The van der Waals surface area contributed by atoms with Crippen molar-refractivity contribution in [3.8, 4) is 0 Å². The van der Waals surface area contributed by atoms with Crippen LogP contribution in [0, 0.1) is 0 Å². The van der Waals surface area contributed by atoms with Crippen molar-refractivity contribution in [2.75, 3.05) is 39.3 Å². The number of ether oxygens (including phenoxy) is 1. The number of carbonyl (C=O) groups excluding carboxylic acids is 1. The van der Waals surface area contributed by atoms with E-state index < -0.39 is 0 Å². The predicted octanol–water partition coefficient (Wildman–Crippen LogP) is 1.22. The van der Waals surface area contributed by atoms with Crippen LogP contribution in [0.15, 0.2) is 0 Å². The van der Waals surface area contributed by atoms with Crippen molar-refractivity contribution in [1.29, 1.82) is 0 Å². The summed E-state index contributed by atoms with van der Waals surface area (Å²) in [5.74, 6) is 0.289. The minimum Gasteiger partial charge on any atom is -0.378 e. The lowest BCUT2D eigenvalue weighted by Crippen LogP contribution is -2.49. The van der Waals surface area contributed by atoms with E-state index in [0.29, 0.717) is 19.1 Å². The second-order valence-corrected chi connectivity index (χ2v) is 6.23. The van der Waals surface area contributed by atoms with Crippen LogP contribution >= 0.6 is 0 Å². The number of piperidine rings is 2. The van der Waals surface area contributed by atoms with Gasteiger partial charge in [-0.1, -0.05) is 0 Å². The number of amides is 1. The van der Waals surface area contributed by atoms with Crippen LogP contribution in [0.2, 0.25) is 0 Å². The number of carbonyl (C=O) groups is 1. The molecule has 2 saturated heterocycles. The van der Waals surface area contributed by atoms with Gasteiger partial charge < -0.3 is 15.4 Å². The number of nitrogens with two attached hydrogens (primary N) is 1. The number of hydrogen-bond acceptors (Lipinski definition) is 4. The van der Waals surface area contributed by atoms with Gasteiger partial charge in [-0.05, 0) is 39.0 Å². The molecular weight excluding hydrogens is 266 g/mol. The number of rotatable bonds is 6. The largest absolute Gasteiger partial charge is 0.378 e. The van der Waals surface area contributed by atoms with Gasteiger partial charge in [0.1, 0.15) is 0 Å². The third kappa shape index (κ3) is 4.94. The maximum Gasteiger partial charge on any atom is 0.224 e. The molecule has 2 rings (SSSR count). The maximum atomic E-state index is 12.4. The molecule has 1 atom stereocenters. The zero-order valence-corrected chi connectivity index (χ0v) is 13.4. The molecule has 0 bridgehead atoms. The van der Waals surface area contributed by atoms with E-state index in [1.165, 1.54) is 6.42 Å². The fraction of sp³-hybridized carbons (Fsp3) is 0.938. The summed E-state index contributed by atoms with van der Waals surface area (Å²) in [7, 11) is 0. The van der Waals surface area contributed by atoms with Crippen molar-refractivity contribution in [1.82, 2.24) is 9.80 Å². The van der Waals surface area contributed by atoms with Crippen LogP contribution in [0.5, 0.6) is 0 Å². The van der Waals surface area contributed by atoms with Gasteiger partial charge in [-0.15, -0.1) is 0 Å². The number of nitrogens with zero attached hydrogens (tertiary/aromatic N) is 2. The van der Waals surface area contributed by atoms with E-state index in [0.717, 1.165) is 58.5 Å². The summed E-state index contributed by atoms with van der Waals surface area (Å²) in [6.07, 6.45) is 6.65. The number of hydrogen-bond donors (Lipinski definition) is 1. The molecule has 122 valence electrons. The van der Waals surface area contributed by atoms with Crippen molar-refractivity contribution in [2.45, 2.75) is 57.6 Å². The first-order chi connectivity index (χ1) is 10.2.